The molecule has 142 valence electrons. The number of benzene rings is 2. The van der Waals surface area contributed by atoms with E-state index < -0.39 is 0 Å². The van der Waals surface area contributed by atoms with Crippen LogP contribution in [0.2, 0.25) is 0 Å². The van der Waals surface area contributed by atoms with E-state index in [1.807, 2.05) is 58.9 Å². The average Bonchev–Trinajstić information content (AvgIpc) is 3.44. The number of fused-ring (bicyclic) bond motifs is 1. The number of anilines is 1. The quantitative estimate of drug-likeness (QED) is 0.442. The first-order chi connectivity index (χ1) is 14.3. The molecule has 29 heavy (non-hydrogen) atoms. The lowest BCUT2D eigenvalue weighted by molar-refractivity contribution is 0.554. The van der Waals surface area contributed by atoms with E-state index in [1.165, 1.54) is 5.56 Å². The van der Waals surface area contributed by atoms with Crippen LogP contribution in [0.4, 0.5) is 6.01 Å². The van der Waals surface area contributed by atoms with Crippen LogP contribution in [0.15, 0.2) is 89.7 Å². The summed E-state index contributed by atoms with van der Waals surface area (Å²) in [7, 11) is 1.94. The molecule has 0 radical (unpaired) electrons. The molecular formula is C23H19N5O. The molecule has 0 unspecified atom stereocenters. The van der Waals surface area contributed by atoms with E-state index in [2.05, 4.69) is 51.7 Å². The summed E-state index contributed by atoms with van der Waals surface area (Å²) in [4.78, 5) is 6.21. The van der Waals surface area contributed by atoms with Gasteiger partial charge in [-0.2, -0.15) is 0 Å². The Morgan fingerprint density at radius 2 is 1.62 bits per heavy atom. The number of pyridine rings is 1. The maximum Gasteiger partial charge on any atom is 0.318 e. The first-order valence-corrected chi connectivity index (χ1v) is 9.38. The van der Waals surface area contributed by atoms with Crippen LogP contribution >= 0.6 is 0 Å². The predicted molar refractivity (Wildman–Crippen MR) is 112 cm³/mol. The molecular weight excluding hydrogens is 362 g/mol. The lowest BCUT2D eigenvalue weighted by Crippen LogP contribution is -2.17. The number of imidazole rings is 1. The number of aromatic nitrogens is 4. The van der Waals surface area contributed by atoms with E-state index in [-0.39, 0.29) is 0 Å². The maximum atomic E-state index is 5.91. The van der Waals surface area contributed by atoms with E-state index in [9.17, 15) is 0 Å². The number of rotatable bonds is 5. The summed E-state index contributed by atoms with van der Waals surface area (Å²) >= 11 is 0. The van der Waals surface area contributed by atoms with E-state index in [4.69, 9.17) is 4.42 Å². The molecule has 3 heterocycles. The van der Waals surface area contributed by atoms with Crippen molar-refractivity contribution in [3.63, 3.8) is 0 Å². The number of nitrogens with zero attached hydrogens (tertiary/aromatic N) is 5. The predicted octanol–water partition coefficient (Wildman–Crippen LogP) is 4.69. The summed E-state index contributed by atoms with van der Waals surface area (Å²) in [6, 6.07) is 23.0. The molecule has 2 aromatic carbocycles. The van der Waals surface area contributed by atoms with E-state index in [0.29, 0.717) is 18.5 Å². The molecule has 0 aliphatic heterocycles. The van der Waals surface area contributed by atoms with Crippen molar-refractivity contribution in [1.29, 1.82) is 0 Å². The Bertz CT molecular complexity index is 1240. The first-order valence-electron chi connectivity index (χ1n) is 9.38. The van der Waals surface area contributed by atoms with Crippen molar-refractivity contribution in [2.24, 2.45) is 0 Å². The first kappa shape index (κ1) is 17.2. The molecule has 0 aliphatic carbocycles. The van der Waals surface area contributed by atoms with Gasteiger partial charge in [-0.1, -0.05) is 53.6 Å². The lowest BCUT2D eigenvalue weighted by Gasteiger charge is -2.13. The van der Waals surface area contributed by atoms with Crippen molar-refractivity contribution in [2.75, 3.05) is 11.9 Å². The number of hydrogen-bond acceptors (Lipinski definition) is 5. The van der Waals surface area contributed by atoms with Crippen LogP contribution in [-0.2, 0) is 6.54 Å². The third-order valence-electron chi connectivity index (χ3n) is 4.85. The second-order valence-electron chi connectivity index (χ2n) is 6.92. The minimum absolute atomic E-state index is 0.484. The van der Waals surface area contributed by atoms with E-state index >= 15 is 0 Å². The molecule has 0 bridgehead atoms. The fourth-order valence-electron chi connectivity index (χ4n) is 3.32. The SMILES string of the molecule is CN(Cc1ccc2nccn2c1)c1nnc(-c2ccc(-c3ccccc3)cc2)o1. The van der Waals surface area contributed by atoms with Gasteiger partial charge in [0.1, 0.15) is 5.65 Å². The highest BCUT2D eigenvalue weighted by Gasteiger charge is 2.13. The smallest absolute Gasteiger partial charge is 0.318 e. The van der Waals surface area contributed by atoms with Crippen LogP contribution in [0.3, 0.4) is 0 Å². The minimum Gasteiger partial charge on any atom is -0.403 e. The van der Waals surface area contributed by atoms with Gasteiger partial charge in [-0.3, -0.25) is 0 Å². The Morgan fingerprint density at radius 1 is 0.862 bits per heavy atom. The molecule has 0 N–H and O–H groups in total. The Hall–Kier alpha value is -3.93. The molecule has 0 saturated heterocycles. The summed E-state index contributed by atoms with van der Waals surface area (Å²) in [5.74, 6) is 0.511. The normalized spacial score (nSPS) is 11.1. The van der Waals surface area contributed by atoms with Crippen molar-refractivity contribution in [2.45, 2.75) is 6.54 Å². The Morgan fingerprint density at radius 3 is 2.45 bits per heavy atom. The van der Waals surface area contributed by atoms with Gasteiger partial charge in [-0.15, -0.1) is 5.10 Å². The van der Waals surface area contributed by atoms with Crippen molar-refractivity contribution in [3.8, 4) is 22.6 Å². The summed E-state index contributed by atoms with van der Waals surface area (Å²) < 4.78 is 7.90. The van der Waals surface area contributed by atoms with E-state index in [1.54, 1.807) is 6.20 Å². The zero-order valence-corrected chi connectivity index (χ0v) is 15.9. The Labute approximate surface area is 168 Å². The van der Waals surface area contributed by atoms with Gasteiger partial charge in [0, 0.05) is 37.7 Å². The van der Waals surface area contributed by atoms with Gasteiger partial charge >= 0.3 is 6.01 Å². The van der Waals surface area contributed by atoms with Crippen molar-refractivity contribution < 1.29 is 4.42 Å². The number of hydrogen-bond donors (Lipinski definition) is 0. The van der Waals surface area contributed by atoms with Crippen LogP contribution in [0.5, 0.6) is 0 Å². The second-order valence-corrected chi connectivity index (χ2v) is 6.92. The van der Waals surface area contributed by atoms with Crippen LogP contribution in [0.1, 0.15) is 5.56 Å². The molecule has 0 amide bonds. The van der Waals surface area contributed by atoms with Gasteiger partial charge in [0.05, 0.1) is 0 Å². The van der Waals surface area contributed by atoms with Crippen molar-refractivity contribution in [3.05, 3.63) is 90.9 Å². The van der Waals surface area contributed by atoms with Crippen LogP contribution < -0.4 is 4.90 Å². The highest BCUT2D eigenvalue weighted by molar-refractivity contribution is 5.67. The van der Waals surface area contributed by atoms with Gasteiger partial charge in [0.25, 0.3) is 0 Å². The van der Waals surface area contributed by atoms with Gasteiger partial charge in [-0.25, -0.2) is 4.98 Å². The molecule has 0 saturated carbocycles. The molecule has 0 atom stereocenters. The zero-order valence-electron chi connectivity index (χ0n) is 15.9. The third-order valence-corrected chi connectivity index (χ3v) is 4.85. The molecule has 5 rings (SSSR count). The van der Waals surface area contributed by atoms with Crippen LogP contribution in [0.25, 0.3) is 28.2 Å². The minimum atomic E-state index is 0.484. The molecule has 5 aromatic rings. The fourth-order valence-corrected chi connectivity index (χ4v) is 3.32. The fraction of sp³-hybridized carbons (Fsp3) is 0.0870. The molecule has 3 aromatic heterocycles. The van der Waals surface area contributed by atoms with Gasteiger partial charge in [-0.05, 0) is 34.9 Å². The maximum absolute atomic E-state index is 5.91. The van der Waals surface area contributed by atoms with Crippen molar-refractivity contribution in [1.82, 2.24) is 19.6 Å². The highest BCUT2D eigenvalue weighted by Crippen LogP contribution is 2.26. The van der Waals surface area contributed by atoms with Crippen molar-refractivity contribution >= 4 is 11.7 Å². The Kier molecular flexibility index (Phi) is 4.29. The average molecular weight is 381 g/mol. The van der Waals surface area contributed by atoms with E-state index in [0.717, 1.165) is 22.3 Å². The Balaban J connectivity index is 1.33. The molecule has 0 spiro atoms. The summed E-state index contributed by atoms with van der Waals surface area (Å²) in [5, 5.41) is 8.43. The van der Waals surface area contributed by atoms with Gasteiger partial charge in [0.15, 0.2) is 0 Å². The van der Waals surface area contributed by atoms with Crippen LogP contribution in [-0.4, -0.2) is 26.6 Å². The monoisotopic (exact) mass is 381 g/mol. The second kappa shape index (κ2) is 7.24. The summed E-state index contributed by atoms with van der Waals surface area (Å²) in [5.41, 5.74) is 5.29. The largest absolute Gasteiger partial charge is 0.403 e. The topological polar surface area (TPSA) is 59.5 Å². The molecule has 0 aliphatic rings. The molecule has 6 heteroatoms. The molecule has 6 nitrogen and oxygen atoms in total. The van der Waals surface area contributed by atoms with Crippen LogP contribution in [0, 0.1) is 0 Å². The standard InChI is InChI=1S/C23H19N5O/c1-27(15-17-7-12-21-24-13-14-28(21)16-17)23-26-25-22(29-23)20-10-8-19(9-11-20)18-5-3-2-4-6-18/h2-14,16H,15H2,1H3. The molecule has 0 fully saturated rings. The summed E-state index contributed by atoms with van der Waals surface area (Å²) in [6.07, 6.45) is 5.78. The van der Waals surface area contributed by atoms with Gasteiger partial charge in [0.2, 0.25) is 5.89 Å². The third kappa shape index (κ3) is 3.48. The highest BCUT2D eigenvalue weighted by atomic mass is 16.4. The van der Waals surface area contributed by atoms with Gasteiger partial charge < -0.3 is 13.7 Å². The summed E-state index contributed by atoms with van der Waals surface area (Å²) in [6.45, 7) is 0.655. The lowest BCUT2D eigenvalue weighted by atomic mass is 10.0. The zero-order chi connectivity index (χ0) is 19.6.